The summed E-state index contributed by atoms with van der Waals surface area (Å²) >= 11 is 7.18. The van der Waals surface area contributed by atoms with Crippen LogP contribution in [0.1, 0.15) is 25.0 Å². The van der Waals surface area contributed by atoms with Gasteiger partial charge in [-0.25, -0.2) is 9.29 Å². The van der Waals surface area contributed by atoms with Crippen molar-refractivity contribution in [3.63, 3.8) is 0 Å². The summed E-state index contributed by atoms with van der Waals surface area (Å²) in [5.74, 6) is -1.44. The SMILES string of the molecule is Cc1ccc(C2=C(SC(C)C)C(=O)N(c3ccc(F)c(Cl)c3)C2=O)cc1. The summed E-state index contributed by atoms with van der Waals surface area (Å²) < 4.78 is 13.5. The summed E-state index contributed by atoms with van der Waals surface area (Å²) in [5.41, 5.74) is 2.38. The predicted octanol–water partition coefficient (Wildman–Crippen LogP) is 5.21. The number of hydrogen-bond donors (Lipinski definition) is 0. The van der Waals surface area contributed by atoms with Gasteiger partial charge in [-0.1, -0.05) is 55.3 Å². The average Bonchev–Trinajstić information content (AvgIpc) is 2.81. The van der Waals surface area contributed by atoms with Crippen LogP contribution in [0.3, 0.4) is 0 Å². The Balaban J connectivity index is 2.10. The maximum absolute atomic E-state index is 13.5. The zero-order valence-electron chi connectivity index (χ0n) is 14.5. The number of carbonyl (C=O) groups excluding carboxylic acids is 2. The Labute approximate surface area is 160 Å². The lowest BCUT2D eigenvalue weighted by atomic mass is 10.0. The molecule has 3 nitrogen and oxygen atoms in total. The van der Waals surface area contributed by atoms with E-state index >= 15 is 0 Å². The number of aryl methyl sites for hydroxylation is 1. The lowest BCUT2D eigenvalue weighted by molar-refractivity contribution is -0.119. The van der Waals surface area contributed by atoms with Crippen LogP contribution in [0.25, 0.3) is 5.57 Å². The maximum Gasteiger partial charge on any atom is 0.272 e. The van der Waals surface area contributed by atoms with E-state index in [1.54, 1.807) is 0 Å². The largest absolute Gasteiger partial charge is 0.272 e. The van der Waals surface area contributed by atoms with Crippen LogP contribution >= 0.6 is 23.4 Å². The average molecular weight is 390 g/mol. The first kappa shape index (κ1) is 18.7. The first-order valence-corrected chi connectivity index (χ1v) is 9.37. The van der Waals surface area contributed by atoms with Crippen LogP contribution in [-0.2, 0) is 9.59 Å². The van der Waals surface area contributed by atoms with E-state index in [0.717, 1.165) is 16.5 Å². The molecule has 0 saturated carbocycles. The Morgan fingerprint density at radius 2 is 1.69 bits per heavy atom. The molecule has 0 unspecified atom stereocenters. The fraction of sp³-hybridized carbons (Fsp3) is 0.200. The third-order valence-electron chi connectivity index (χ3n) is 3.90. The van der Waals surface area contributed by atoms with Crippen molar-refractivity contribution in [2.24, 2.45) is 0 Å². The fourth-order valence-electron chi connectivity index (χ4n) is 2.69. The molecule has 3 rings (SSSR count). The summed E-state index contributed by atoms with van der Waals surface area (Å²) in [7, 11) is 0. The molecule has 134 valence electrons. The molecule has 0 fully saturated rings. The van der Waals surface area contributed by atoms with E-state index in [1.807, 2.05) is 45.0 Å². The molecule has 6 heteroatoms. The Morgan fingerprint density at radius 3 is 2.27 bits per heavy atom. The third kappa shape index (κ3) is 3.41. The minimum Gasteiger partial charge on any atom is -0.268 e. The zero-order chi connectivity index (χ0) is 19.0. The van der Waals surface area contributed by atoms with E-state index in [9.17, 15) is 14.0 Å². The molecule has 1 heterocycles. The molecule has 0 radical (unpaired) electrons. The van der Waals surface area contributed by atoms with E-state index in [4.69, 9.17) is 11.6 Å². The maximum atomic E-state index is 13.5. The molecule has 0 N–H and O–H groups in total. The number of amides is 2. The molecule has 0 saturated heterocycles. The molecular formula is C20H17ClFNO2S. The monoisotopic (exact) mass is 389 g/mol. The van der Waals surface area contributed by atoms with Gasteiger partial charge in [0.15, 0.2) is 0 Å². The number of rotatable bonds is 4. The highest BCUT2D eigenvalue weighted by Crippen LogP contribution is 2.40. The minimum atomic E-state index is -0.599. The molecule has 2 aromatic rings. The number of benzene rings is 2. The molecule has 0 aliphatic carbocycles. The number of hydrogen-bond acceptors (Lipinski definition) is 3. The van der Waals surface area contributed by atoms with E-state index < -0.39 is 17.6 Å². The number of imide groups is 1. The smallest absolute Gasteiger partial charge is 0.268 e. The Bertz CT molecular complexity index is 922. The molecular weight excluding hydrogens is 373 g/mol. The van der Waals surface area contributed by atoms with E-state index in [0.29, 0.717) is 16.0 Å². The molecule has 1 aliphatic heterocycles. The van der Waals surface area contributed by atoms with Crippen molar-refractivity contribution in [2.75, 3.05) is 4.90 Å². The second-order valence-electron chi connectivity index (χ2n) is 6.28. The lowest BCUT2D eigenvalue weighted by Crippen LogP contribution is -2.31. The second kappa shape index (κ2) is 7.25. The van der Waals surface area contributed by atoms with Gasteiger partial charge in [0.1, 0.15) is 5.82 Å². The van der Waals surface area contributed by atoms with Gasteiger partial charge >= 0.3 is 0 Å². The highest BCUT2D eigenvalue weighted by molar-refractivity contribution is 8.04. The minimum absolute atomic E-state index is 0.124. The van der Waals surface area contributed by atoms with Crippen LogP contribution in [0, 0.1) is 12.7 Å². The first-order chi connectivity index (χ1) is 12.3. The first-order valence-electron chi connectivity index (χ1n) is 8.11. The van der Waals surface area contributed by atoms with Crippen LogP contribution in [0.5, 0.6) is 0 Å². The zero-order valence-corrected chi connectivity index (χ0v) is 16.1. The van der Waals surface area contributed by atoms with Crippen LogP contribution in [-0.4, -0.2) is 17.1 Å². The van der Waals surface area contributed by atoms with Gasteiger partial charge in [0.25, 0.3) is 11.8 Å². The molecule has 0 spiro atoms. The van der Waals surface area contributed by atoms with Crippen molar-refractivity contribution in [1.29, 1.82) is 0 Å². The molecule has 2 amide bonds. The molecule has 0 aromatic heterocycles. The summed E-state index contributed by atoms with van der Waals surface area (Å²) in [6.07, 6.45) is 0. The van der Waals surface area contributed by atoms with Gasteiger partial charge in [0.05, 0.1) is 21.2 Å². The van der Waals surface area contributed by atoms with Crippen molar-refractivity contribution in [2.45, 2.75) is 26.0 Å². The standard InChI is InChI=1S/C20H17ClFNO2S/c1-11(2)26-18-17(13-6-4-12(3)5-7-13)19(24)23(20(18)25)14-8-9-16(22)15(21)10-14/h4-11H,1-3H3. The molecule has 2 aromatic carbocycles. The van der Waals surface area contributed by atoms with Crippen LogP contribution in [0.2, 0.25) is 5.02 Å². The van der Waals surface area contributed by atoms with Gasteiger partial charge in [0.2, 0.25) is 0 Å². The number of anilines is 1. The molecule has 0 atom stereocenters. The Kier molecular flexibility index (Phi) is 5.21. The van der Waals surface area contributed by atoms with Gasteiger partial charge in [-0.3, -0.25) is 9.59 Å². The van der Waals surface area contributed by atoms with Crippen molar-refractivity contribution < 1.29 is 14.0 Å². The van der Waals surface area contributed by atoms with Crippen LogP contribution < -0.4 is 4.90 Å². The summed E-state index contributed by atoms with van der Waals surface area (Å²) in [6.45, 7) is 5.87. The fourth-order valence-corrected chi connectivity index (χ4v) is 3.85. The van der Waals surface area contributed by atoms with E-state index in [1.165, 1.54) is 23.9 Å². The highest BCUT2D eigenvalue weighted by atomic mass is 35.5. The normalized spacial score (nSPS) is 14.8. The third-order valence-corrected chi connectivity index (χ3v) is 5.27. The van der Waals surface area contributed by atoms with Gasteiger partial charge in [0, 0.05) is 5.25 Å². The summed E-state index contributed by atoms with van der Waals surface area (Å²) in [5, 5.41) is -0.0103. The van der Waals surface area contributed by atoms with Crippen molar-refractivity contribution in [3.05, 3.63) is 69.3 Å². The number of nitrogens with zero attached hydrogens (tertiary/aromatic N) is 1. The highest BCUT2D eigenvalue weighted by Gasteiger charge is 2.40. The Hall–Kier alpha value is -2.11. The second-order valence-corrected chi connectivity index (χ2v) is 8.27. The Morgan fingerprint density at radius 1 is 1.04 bits per heavy atom. The lowest BCUT2D eigenvalue weighted by Gasteiger charge is -2.16. The number of carbonyl (C=O) groups is 2. The van der Waals surface area contributed by atoms with Crippen LogP contribution in [0.4, 0.5) is 10.1 Å². The van der Waals surface area contributed by atoms with Gasteiger partial charge < -0.3 is 0 Å². The number of thioether (sulfide) groups is 1. The summed E-state index contributed by atoms with van der Waals surface area (Å²) in [6, 6.07) is 11.3. The van der Waals surface area contributed by atoms with E-state index in [-0.39, 0.29) is 16.0 Å². The topological polar surface area (TPSA) is 37.4 Å². The van der Waals surface area contributed by atoms with E-state index in [2.05, 4.69) is 0 Å². The van der Waals surface area contributed by atoms with Crippen molar-refractivity contribution >= 4 is 46.4 Å². The molecule has 1 aliphatic rings. The quantitative estimate of drug-likeness (QED) is 0.673. The van der Waals surface area contributed by atoms with Crippen molar-refractivity contribution in [1.82, 2.24) is 0 Å². The molecule has 26 heavy (non-hydrogen) atoms. The number of halogens is 2. The summed E-state index contributed by atoms with van der Waals surface area (Å²) in [4.78, 5) is 27.5. The molecule has 0 bridgehead atoms. The van der Waals surface area contributed by atoms with Gasteiger partial charge in [-0.2, -0.15) is 0 Å². The van der Waals surface area contributed by atoms with Crippen LogP contribution in [0.15, 0.2) is 47.4 Å². The van der Waals surface area contributed by atoms with Crippen molar-refractivity contribution in [3.8, 4) is 0 Å². The predicted molar refractivity (Wildman–Crippen MR) is 105 cm³/mol. The van der Waals surface area contributed by atoms with Gasteiger partial charge in [-0.15, -0.1) is 11.8 Å². The van der Waals surface area contributed by atoms with Gasteiger partial charge in [-0.05, 0) is 30.7 Å².